The minimum absolute atomic E-state index is 0.670. The van der Waals surface area contributed by atoms with Crippen molar-refractivity contribution in [2.24, 2.45) is 0 Å². The van der Waals surface area contributed by atoms with E-state index in [1.54, 1.807) is 7.11 Å². The molecule has 0 spiro atoms. The average Bonchev–Trinajstić information content (AvgIpc) is 2.30. The standard InChI is InChI=1S/C10H15N3O/c1-14-10-3-2-9(8-12-10)13-6-4-11-5-7-13/h2-3,8,11H,4-7H2,1H3. The number of rotatable bonds is 2. The van der Waals surface area contributed by atoms with Gasteiger partial charge in [0.2, 0.25) is 5.88 Å². The molecule has 1 N–H and O–H groups in total. The molecule has 14 heavy (non-hydrogen) atoms. The van der Waals surface area contributed by atoms with Crippen LogP contribution in [0.25, 0.3) is 0 Å². The van der Waals surface area contributed by atoms with Gasteiger partial charge in [-0.2, -0.15) is 0 Å². The predicted octanol–water partition coefficient (Wildman–Crippen LogP) is 0.500. The highest BCUT2D eigenvalue weighted by molar-refractivity contribution is 5.45. The van der Waals surface area contributed by atoms with Crippen LogP contribution in [0.1, 0.15) is 0 Å². The van der Waals surface area contributed by atoms with E-state index in [1.165, 1.54) is 5.69 Å². The molecule has 4 heteroatoms. The Kier molecular flexibility index (Phi) is 2.84. The van der Waals surface area contributed by atoms with Crippen LogP contribution in [-0.4, -0.2) is 38.3 Å². The number of ether oxygens (including phenoxy) is 1. The van der Waals surface area contributed by atoms with Crippen LogP contribution in [0.2, 0.25) is 0 Å². The van der Waals surface area contributed by atoms with Crippen molar-refractivity contribution in [3.05, 3.63) is 18.3 Å². The zero-order chi connectivity index (χ0) is 9.80. The van der Waals surface area contributed by atoms with Gasteiger partial charge in [-0.25, -0.2) is 4.98 Å². The molecule has 0 saturated carbocycles. The summed E-state index contributed by atoms with van der Waals surface area (Å²) in [6.45, 7) is 4.19. The molecule has 2 rings (SSSR count). The number of nitrogens with zero attached hydrogens (tertiary/aromatic N) is 2. The molecule has 1 aliphatic rings. The maximum absolute atomic E-state index is 5.01. The van der Waals surface area contributed by atoms with E-state index in [1.807, 2.05) is 12.3 Å². The maximum atomic E-state index is 5.01. The lowest BCUT2D eigenvalue weighted by Gasteiger charge is -2.29. The van der Waals surface area contributed by atoms with Crippen LogP contribution in [-0.2, 0) is 0 Å². The van der Waals surface area contributed by atoms with E-state index < -0.39 is 0 Å². The fraction of sp³-hybridized carbons (Fsp3) is 0.500. The van der Waals surface area contributed by atoms with E-state index >= 15 is 0 Å². The first kappa shape index (κ1) is 9.27. The summed E-state index contributed by atoms with van der Waals surface area (Å²) in [6, 6.07) is 3.95. The Hall–Kier alpha value is -1.29. The minimum Gasteiger partial charge on any atom is -0.481 e. The van der Waals surface area contributed by atoms with Gasteiger partial charge in [0, 0.05) is 32.2 Å². The maximum Gasteiger partial charge on any atom is 0.213 e. The first-order chi connectivity index (χ1) is 6.90. The number of methoxy groups -OCH3 is 1. The molecule has 0 radical (unpaired) electrons. The number of aromatic nitrogens is 1. The number of hydrogen-bond acceptors (Lipinski definition) is 4. The van der Waals surface area contributed by atoms with E-state index in [0.29, 0.717) is 5.88 Å². The highest BCUT2D eigenvalue weighted by atomic mass is 16.5. The first-order valence-corrected chi connectivity index (χ1v) is 4.86. The zero-order valence-corrected chi connectivity index (χ0v) is 8.36. The van der Waals surface area contributed by atoms with Crippen molar-refractivity contribution in [2.45, 2.75) is 0 Å². The summed E-state index contributed by atoms with van der Waals surface area (Å²) < 4.78 is 5.01. The Labute approximate surface area is 83.9 Å². The molecular formula is C10H15N3O. The van der Waals surface area contributed by atoms with Gasteiger partial charge in [-0.3, -0.25) is 0 Å². The lowest BCUT2D eigenvalue weighted by Crippen LogP contribution is -2.43. The monoisotopic (exact) mass is 193 g/mol. The number of pyridine rings is 1. The van der Waals surface area contributed by atoms with E-state index in [-0.39, 0.29) is 0 Å². The molecular weight excluding hydrogens is 178 g/mol. The molecule has 2 heterocycles. The minimum atomic E-state index is 0.670. The molecule has 0 aromatic carbocycles. The molecule has 0 amide bonds. The van der Waals surface area contributed by atoms with Crippen LogP contribution in [0, 0.1) is 0 Å². The van der Waals surface area contributed by atoms with Gasteiger partial charge in [0.15, 0.2) is 0 Å². The van der Waals surface area contributed by atoms with Crippen molar-refractivity contribution < 1.29 is 4.74 Å². The molecule has 76 valence electrons. The van der Waals surface area contributed by atoms with Gasteiger partial charge in [0.1, 0.15) is 0 Å². The third-order valence-corrected chi connectivity index (χ3v) is 2.41. The third-order valence-electron chi connectivity index (χ3n) is 2.41. The molecule has 1 aromatic heterocycles. The summed E-state index contributed by atoms with van der Waals surface area (Å²) in [5.41, 5.74) is 1.17. The fourth-order valence-electron chi connectivity index (χ4n) is 1.60. The van der Waals surface area contributed by atoms with Gasteiger partial charge in [-0.15, -0.1) is 0 Å². The van der Waals surface area contributed by atoms with Gasteiger partial charge in [-0.05, 0) is 6.07 Å². The molecule has 0 bridgehead atoms. The van der Waals surface area contributed by atoms with Crippen molar-refractivity contribution in [1.82, 2.24) is 10.3 Å². The number of anilines is 1. The third kappa shape index (κ3) is 1.96. The second kappa shape index (κ2) is 4.28. The molecule has 1 fully saturated rings. The molecule has 0 aliphatic carbocycles. The van der Waals surface area contributed by atoms with E-state index in [9.17, 15) is 0 Å². The summed E-state index contributed by atoms with van der Waals surface area (Å²) in [7, 11) is 1.63. The quantitative estimate of drug-likeness (QED) is 0.742. The smallest absolute Gasteiger partial charge is 0.213 e. The highest BCUT2D eigenvalue weighted by Crippen LogP contribution is 2.16. The summed E-state index contributed by atoms with van der Waals surface area (Å²) in [4.78, 5) is 6.51. The van der Waals surface area contributed by atoms with Crippen LogP contribution >= 0.6 is 0 Å². The summed E-state index contributed by atoms with van der Waals surface area (Å²) >= 11 is 0. The second-order valence-corrected chi connectivity index (χ2v) is 3.30. The highest BCUT2D eigenvalue weighted by Gasteiger charge is 2.10. The molecule has 1 aromatic rings. The first-order valence-electron chi connectivity index (χ1n) is 4.86. The Balaban J connectivity index is 2.07. The SMILES string of the molecule is COc1ccc(N2CCNCC2)cn1. The normalized spacial score (nSPS) is 16.8. The van der Waals surface area contributed by atoms with Crippen molar-refractivity contribution in [3.63, 3.8) is 0 Å². The Morgan fingerprint density at radius 2 is 2.14 bits per heavy atom. The van der Waals surface area contributed by atoms with Crippen LogP contribution < -0.4 is 15.0 Å². The van der Waals surface area contributed by atoms with E-state index in [2.05, 4.69) is 21.3 Å². The molecule has 1 aliphatic heterocycles. The Morgan fingerprint density at radius 3 is 2.71 bits per heavy atom. The van der Waals surface area contributed by atoms with Crippen molar-refractivity contribution in [2.75, 3.05) is 38.2 Å². The molecule has 0 unspecified atom stereocenters. The van der Waals surface area contributed by atoms with Gasteiger partial charge >= 0.3 is 0 Å². The summed E-state index contributed by atoms with van der Waals surface area (Å²) in [6.07, 6.45) is 1.87. The zero-order valence-electron chi connectivity index (χ0n) is 8.36. The lowest BCUT2D eigenvalue weighted by molar-refractivity contribution is 0.398. The summed E-state index contributed by atoms with van der Waals surface area (Å²) in [5, 5.41) is 3.32. The average molecular weight is 193 g/mol. The van der Waals surface area contributed by atoms with Gasteiger partial charge in [0.05, 0.1) is 19.0 Å². The number of hydrogen-bond donors (Lipinski definition) is 1. The van der Waals surface area contributed by atoms with Crippen LogP contribution in [0.5, 0.6) is 5.88 Å². The van der Waals surface area contributed by atoms with Crippen molar-refractivity contribution in [3.8, 4) is 5.88 Å². The van der Waals surface area contributed by atoms with Gasteiger partial charge in [-0.1, -0.05) is 0 Å². The predicted molar refractivity (Wildman–Crippen MR) is 55.9 cm³/mol. The molecule has 4 nitrogen and oxygen atoms in total. The van der Waals surface area contributed by atoms with E-state index in [0.717, 1.165) is 26.2 Å². The van der Waals surface area contributed by atoms with Crippen molar-refractivity contribution >= 4 is 5.69 Å². The summed E-state index contributed by atoms with van der Waals surface area (Å²) in [5.74, 6) is 0.670. The van der Waals surface area contributed by atoms with E-state index in [4.69, 9.17) is 4.74 Å². The Morgan fingerprint density at radius 1 is 1.36 bits per heavy atom. The van der Waals surface area contributed by atoms with Crippen LogP contribution in [0.4, 0.5) is 5.69 Å². The second-order valence-electron chi connectivity index (χ2n) is 3.30. The lowest BCUT2D eigenvalue weighted by atomic mass is 10.3. The van der Waals surface area contributed by atoms with Crippen LogP contribution in [0.3, 0.4) is 0 Å². The van der Waals surface area contributed by atoms with Crippen LogP contribution in [0.15, 0.2) is 18.3 Å². The van der Waals surface area contributed by atoms with Gasteiger partial charge in [0.25, 0.3) is 0 Å². The van der Waals surface area contributed by atoms with Crippen molar-refractivity contribution in [1.29, 1.82) is 0 Å². The number of piperazine rings is 1. The molecule has 1 saturated heterocycles. The topological polar surface area (TPSA) is 37.4 Å². The van der Waals surface area contributed by atoms with Gasteiger partial charge < -0.3 is 15.0 Å². The fourth-order valence-corrected chi connectivity index (χ4v) is 1.60. The Bertz CT molecular complexity index is 280. The molecule has 0 atom stereocenters. The number of nitrogens with one attached hydrogen (secondary N) is 1. The largest absolute Gasteiger partial charge is 0.481 e.